The molecule has 1 aliphatic rings. The monoisotopic (exact) mass is 654 g/mol. The van der Waals surface area contributed by atoms with Crippen LogP contribution in [0.1, 0.15) is 64.5 Å². The molecule has 1 fully saturated rings. The van der Waals surface area contributed by atoms with Gasteiger partial charge in [-0.2, -0.15) is 0 Å². The minimum absolute atomic E-state index is 0.0162. The normalized spacial score (nSPS) is 20.5. The van der Waals surface area contributed by atoms with Crippen LogP contribution in [0.2, 0.25) is 0 Å². The lowest BCUT2D eigenvalue weighted by Gasteiger charge is -2.44. The SMILES string of the molecule is CC(=O)OCC1OC(c2c(OC(C)=O)ccc3cc(Cc4ccc(OC(C)=O)cc4)oc23)C(OC(C)=O)C(OC(C)=O)C1OC(C)=O. The average molecular weight is 655 g/mol. The Morgan fingerprint density at radius 3 is 1.83 bits per heavy atom. The van der Waals surface area contributed by atoms with Gasteiger partial charge in [0.2, 0.25) is 0 Å². The number of esters is 6. The molecule has 0 radical (unpaired) electrons. The molecule has 3 aromatic rings. The number of fused-ring (bicyclic) bond motifs is 1. The lowest BCUT2D eigenvalue weighted by Crippen LogP contribution is -2.59. The molecule has 5 unspecified atom stereocenters. The van der Waals surface area contributed by atoms with Gasteiger partial charge in [-0.15, -0.1) is 0 Å². The van der Waals surface area contributed by atoms with Gasteiger partial charge in [-0.25, -0.2) is 0 Å². The summed E-state index contributed by atoms with van der Waals surface area (Å²) in [5, 5.41) is 0.551. The highest BCUT2D eigenvalue weighted by Gasteiger charge is 2.54. The zero-order valence-corrected chi connectivity index (χ0v) is 26.6. The highest BCUT2D eigenvalue weighted by atomic mass is 16.7. The van der Waals surface area contributed by atoms with E-state index in [4.69, 9.17) is 37.6 Å². The smallest absolute Gasteiger partial charge is 0.308 e. The first-order valence-electron chi connectivity index (χ1n) is 14.5. The van der Waals surface area contributed by atoms with Crippen molar-refractivity contribution in [2.75, 3.05) is 6.61 Å². The lowest BCUT2D eigenvalue weighted by atomic mass is 9.89. The fourth-order valence-electron chi connectivity index (χ4n) is 5.26. The fourth-order valence-corrected chi connectivity index (χ4v) is 5.26. The molecule has 250 valence electrons. The molecule has 14 heteroatoms. The zero-order chi connectivity index (χ0) is 34.4. The third kappa shape index (κ3) is 8.94. The molecule has 0 saturated carbocycles. The first kappa shape index (κ1) is 34.6. The molecular formula is C33H34O14. The second kappa shape index (κ2) is 14.9. The predicted octanol–water partition coefficient (Wildman–Crippen LogP) is 3.67. The molecule has 4 rings (SSSR count). The standard InChI is InChI=1S/C33H34O14/c1-16(34)40-15-27-30(43-19(4)37)32(44-20(5)38)33(45-21(6)39)31(47-27)28-26(42-18(3)36)12-9-23-14-25(46-29(23)28)13-22-7-10-24(11-8-22)41-17(2)35/h7-12,14,27,30-33H,13,15H2,1-6H3. The van der Waals surface area contributed by atoms with Crippen molar-refractivity contribution in [2.45, 2.75) is 78.5 Å². The van der Waals surface area contributed by atoms with E-state index < -0.39 is 72.9 Å². The molecule has 0 aliphatic carbocycles. The van der Waals surface area contributed by atoms with E-state index in [1.54, 1.807) is 36.4 Å². The molecule has 1 aliphatic heterocycles. The van der Waals surface area contributed by atoms with Crippen molar-refractivity contribution in [3.05, 3.63) is 59.4 Å². The van der Waals surface area contributed by atoms with E-state index in [0.29, 0.717) is 23.3 Å². The predicted molar refractivity (Wildman–Crippen MR) is 159 cm³/mol. The Balaban J connectivity index is 1.87. The van der Waals surface area contributed by atoms with Crippen molar-refractivity contribution in [1.82, 2.24) is 0 Å². The van der Waals surface area contributed by atoms with Crippen molar-refractivity contribution >= 4 is 46.8 Å². The molecule has 0 spiro atoms. The number of carbonyl (C=O) groups is 6. The van der Waals surface area contributed by atoms with Crippen LogP contribution in [-0.2, 0) is 58.9 Å². The third-order valence-electron chi connectivity index (χ3n) is 6.83. The summed E-state index contributed by atoms with van der Waals surface area (Å²) in [6.45, 7) is 6.57. The maximum absolute atomic E-state index is 12.4. The van der Waals surface area contributed by atoms with E-state index in [0.717, 1.165) is 26.3 Å². The summed E-state index contributed by atoms with van der Waals surface area (Å²) in [5.41, 5.74) is 1.12. The molecule has 47 heavy (non-hydrogen) atoms. The Labute approximate surface area is 269 Å². The number of carbonyl (C=O) groups excluding carboxylic acids is 6. The summed E-state index contributed by atoms with van der Waals surface area (Å²) in [6.07, 6.45) is -6.60. The maximum atomic E-state index is 12.4. The molecule has 0 bridgehead atoms. The van der Waals surface area contributed by atoms with Gasteiger partial charge in [0.1, 0.15) is 41.7 Å². The van der Waals surface area contributed by atoms with E-state index >= 15 is 0 Å². The Morgan fingerprint density at radius 1 is 0.660 bits per heavy atom. The zero-order valence-electron chi connectivity index (χ0n) is 26.6. The summed E-state index contributed by atoms with van der Waals surface area (Å²) in [6, 6.07) is 11.7. The van der Waals surface area contributed by atoms with Gasteiger partial charge in [-0.1, -0.05) is 12.1 Å². The van der Waals surface area contributed by atoms with Crippen LogP contribution < -0.4 is 9.47 Å². The Bertz CT molecular complexity index is 1670. The van der Waals surface area contributed by atoms with Crippen molar-refractivity contribution in [3.8, 4) is 11.5 Å². The molecule has 0 amide bonds. The van der Waals surface area contributed by atoms with Gasteiger partial charge >= 0.3 is 35.8 Å². The van der Waals surface area contributed by atoms with Crippen molar-refractivity contribution < 1.29 is 66.3 Å². The van der Waals surface area contributed by atoms with Gasteiger partial charge in [-0.3, -0.25) is 28.8 Å². The van der Waals surface area contributed by atoms with Gasteiger partial charge < -0.3 is 37.6 Å². The summed E-state index contributed by atoms with van der Waals surface area (Å²) < 4.78 is 45.1. The number of rotatable bonds is 10. The first-order valence-corrected chi connectivity index (χ1v) is 14.5. The average Bonchev–Trinajstić information content (AvgIpc) is 3.36. The van der Waals surface area contributed by atoms with E-state index in [9.17, 15) is 28.8 Å². The van der Waals surface area contributed by atoms with E-state index in [2.05, 4.69) is 0 Å². The maximum Gasteiger partial charge on any atom is 0.308 e. The quantitative estimate of drug-likeness (QED) is 0.175. The van der Waals surface area contributed by atoms with Crippen molar-refractivity contribution in [2.24, 2.45) is 0 Å². The minimum Gasteiger partial charge on any atom is -0.463 e. The number of benzene rings is 2. The number of furan rings is 1. The van der Waals surface area contributed by atoms with Crippen LogP contribution in [0.4, 0.5) is 0 Å². The highest BCUT2D eigenvalue weighted by Crippen LogP contribution is 2.45. The fraction of sp³-hybridized carbons (Fsp3) is 0.394. The molecule has 14 nitrogen and oxygen atoms in total. The van der Waals surface area contributed by atoms with Crippen LogP contribution in [0.25, 0.3) is 11.0 Å². The van der Waals surface area contributed by atoms with Crippen LogP contribution >= 0.6 is 0 Å². The molecule has 2 aromatic carbocycles. The van der Waals surface area contributed by atoms with Crippen LogP contribution in [0.3, 0.4) is 0 Å². The van der Waals surface area contributed by atoms with E-state index in [-0.39, 0.29) is 16.9 Å². The molecule has 1 aromatic heterocycles. The topological polar surface area (TPSA) is 180 Å². The second-order valence-electron chi connectivity index (χ2n) is 10.7. The van der Waals surface area contributed by atoms with Gasteiger partial charge in [0.15, 0.2) is 18.3 Å². The van der Waals surface area contributed by atoms with Crippen molar-refractivity contribution in [1.29, 1.82) is 0 Å². The minimum atomic E-state index is -1.46. The van der Waals surface area contributed by atoms with Crippen LogP contribution in [0.15, 0.2) is 46.9 Å². The van der Waals surface area contributed by atoms with Crippen LogP contribution in [-0.4, -0.2) is 66.8 Å². The third-order valence-corrected chi connectivity index (χ3v) is 6.83. The van der Waals surface area contributed by atoms with Crippen molar-refractivity contribution in [3.63, 3.8) is 0 Å². The summed E-state index contributed by atoms with van der Waals surface area (Å²) in [4.78, 5) is 72.2. The molecular weight excluding hydrogens is 620 g/mol. The second-order valence-corrected chi connectivity index (χ2v) is 10.7. The van der Waals surface area contributed by atoms with Crippen LogP contribution in [0, 0.1) is 0 Å². The molecule has 0 N–H and O–H groups in total. The largest absolute Gasteiger partial charge is 0.463 e. The first-order chi connectivity index (χ1) is 22.2. The van der Waals surface area contributed by atoms with Gasteiger partial charge in [0, 0.05) is 53.3 Å². The van der Waals surface area contributed by atoms with Gasteiger partial charge in [0.25, 0.3) is 0 Å². The van der Waals surface area contributed by atoms with E-state index in [1.807, 2.05) is 0 Å². The van der Waals surface area contributed by atoms with E-state index in [1.165, 1.54) is 26.8 Å². The number of hydrogen-bond acceptors (Lipinski definition) is 14. The van der Waals surface area contributed by atoms with Crippen LogP contribution in [0.5, 0.6) is 11.5 Å². The Morgan fingerprint density at radius 2 is 1.26 bits per heavy atom. The Kier molecular flexibility index (Phi) is 11.0. The van der Waals surface area contributed by atoms with Gasteiger partial charge in [-0.05, 0) is 35.9 Å². The molecule has 1 saturated heterocycles. The highest BCUT2D eigenvalue weighted by molar-refractivity contribution is 5.85. The molecule has 2 heterocycles. The van der Waals surface area contributed by atoms with Gasteiger partial charge in [0.05, 0.1) is 5.56 Å². The summed E-state index contributed by atoms with van der Waals surface area (Å²) >= 11 is 0. The number of hydrogen-bond donors (Lipinski definition) is 0. The molecule has 5 atom stereocenters. The summed E-state index contributed by atoms with van der Waals surface area (Å²) in [5.74, 6) is -3.33. The Hall–Kier alpha value is -5.24. The number of ether oxygens (including phenoxy) is 7. The lowest BCUT2D eigenvalue weighted by molar-refractivity contribution is -0.254. The summed E-state index contributed by atoms with van der Waals surface area (Å²) in [7, 11) is 0.